The molecule has 24 heavy (non-hydrogen) atoms. The number of carbonyl (C=O) groups excluding carboxylic acids is 3. The second kappa shape index (κ2) is 5.49. The maximum absolute atomic E-state index is 13.3. The minimum atomic E-state index is -2.08. The summed E-state index contributed by atoms with van der Waals surface area (Å²) in [6.45, 7) is 5.92. The van der Waals surface area contributed by atoms with Gasteiger partial charge in [0.25, 0.3) is 0 Å². The normalized spacial score (nSPS) is 29.1. The largest absolute Gasteiger partial charge is 0.410 e. The number of hydrogen-bond acceptors (Lipinski definition) is 4. The lowest BCUT2D eigenvalue weighted by Crippen LogP contribution is -2.63. The summed E-state index contributed by atoms with van der Waals surface area (Å²) >= 11 is 0. The van der Waals surface area contributed by atoms with Crippen LogP contribution in [-0.2, 0) is 9.22 Å². The zero-order valence-corrected chi connectivity index (χ0v) is 15.0. The summed E-state index contributed by atoms with van der Waals surface area (Å²) in [5.41, 5.74) is 4.70. The summed E-state index contributed by atoms with van der Waals surface area (Å²) in [6, 6.07) is 6.62. The quantitative estimate of drug-likeness (QED) is 0.518. The van der Waals surface area contributed by atoms with Crippen LogP contribution in [0, 0.1) is 11.3 Å². The number of amides is 1. The van der Waals surface area contributed by atoms with Gasteiger partial charge in [0.1, 0.15) is 0 Å². The van der Waals surface area contributed by atoms with Crippen molar-refractivity contribution in [2.75, 3.05) is 0 Å². The van der Waals surface area contributed by atoms with Crippen molar-refractivity contribution in [3.05, 3.63) is 47.5 Å². The Morgan fingerprint density at radius 3 is 2.42 bits per heavy atom. The van der Waals surface area contributed by atoms with E-state index in [9.17, 15) is 14.4 Å². The number of rotatable bonds is 3. The van der Waals surface area contributed by atoms with E-state index in [1.54, 1.807) is 30.3 Å². The van der Waals surface area contributed by atoms with Gasteiger partial charge in [-0.1, -0.05) is 36.4 Å². The van der Waals surface area contributed by atoms with Gasteiger partial charge in [-0.3, -0.25) is 14.4 Å². The Balaban J connectivity index is 2.24. The summed E-state index contributed by atoms with van der Waals surface area (Å²) in [7, 11) is -2.08. The summed E-state index contributed by atoms with van der Waals surface area (Å²) in [5.74, 6) is -2.20. The van der Waals surface area contributed by atoms with Crippen molar-refractivity contribution < 1.29 is 18.8 Å². The van der Waals surface area contributed by atoms with E-state index in [-0.39, 0.29) is 11.3 Å². The third-order valence-corrected chi connectivity index (χ3v) is 5.66. The molecular weight excluding hydrogens is 322 g/mol. The molecular formula is C18H21NO4Si. The van der Waals surface area contributed by atoms with Crippen molar-refractivity contribution >= 4 is 25.8 Å². The maximum atomic E-state index is 13.3. The molecule has 2 aliphatic carbocycles. The van der Waals surface area contributed by atoms with Crippen LogP contribution in [0.15, 0.2) is 36.4 Å². The molecule has 0 saturated carbocycles. The van der Waals surface area contributed by atoms with Gasteiger partial charge >= 0.3 is 0 Å². The Kier molecular flexibility index (Phi) is 3.84. The van der Waals surface area contributed by atoms with Gasteiger partial charge in [0, 0.05) is 11.1 Å². The summed E-state index contributed by atoms with van der Waals surface area (Å²) in [5, 5.41) is 0. The Hall–Kier alpha value is -2.05. The molecule has 2 N–H and O–H groups in total. The number of ketones is 2. The van der Waals surface area contributed by atoms with Crippen molar-refractivity contribution in [3.8, 4) is 0 Å². The number of nitrogens with two attached hydrogens (primary N) is 1. The lowest BCUT2D eigenvalue weighted by Gasteiger charge is -2.47. The van der Waals surface area contributed by atoms with Gasteiger partial charge in [-0.05, 0) is 26.1 Å². The third kappa shape index (κ3) is 2.29. The van der Waals surface area contributed by atoms with Crippen LogP contribution in [0.3, 0.4) is 0 Å². The standard InChI is InChI=1S/C18H21NO4Si/c1-24(2,3)23-14-10-6-9-13-15(20)11-7-4-5-8-12(11)16(21)18(13,14)17(19)22/h4-8,10,13-14H,9H2,1-3H3,(H2,19,22)/t13-,14-,18-/m1/s1. The van der Waals surface area contributed by atoms with E-state index in [0.29, 0.717) is 12.0 Å². The van der Waals surface area contributed by atoms with E-state index >= 15 is 0 Å². The molecule has 0 radical (unpaired) electrons. The number of hydrogen-bond donors (Lipinski definition) is 1. The summed E-state index contributed by atoms with van der Waals surface area (Å²) in [6.07, 6.45) is 3.05. The maximum Gasteiger partial charge on any atom is 0.235 e. The van der Waals surface area contributed by atoms with Crippen LogP contribution in [0.5, 0.6) is 0 Å². The first-order valence-electron chi connectivity index (χ1n) is 8.02. The zero-order chi connectivity index (χ0) is 17.7. The SMILES string of the molecule is C[Si](C)(C)O[C@@H]1C=CC[C@@H]2C(=O)c3ccccc3C(=O)[C@@]21C(N)=O. The van der Waals surface area contributed by atoms with E-state index in [1.165, 1.54) is 0 Å². The number of allylic oxidation sites excluding steroid dienone is 1. The molecule has 126 valence electrons. The van der Waals surface area contributed by atoms with E-state index in [4.69, 9.17) is 10.2 Å². The van der Waals surface area contributed by atoms with Crippen LogP contribution >= 0.6 is 0 Å². The number of primary amides is 1. The highest BCUT2D eigenvalue weighted by Gasteiger charge is 2.63. The first-order valence-corrected chi connectivity index (χ1v) is 11.4. The van der Waals surface area contributed by atoms with Crippen LogP contribution in [0.4, 0.5) is 0 Å². The van der Waals surface area contributed by atoms with Gasteiger partial charge in [-0.15, -0.1) is 0 Å². The molecule has 1 aromatic carbocycles. The highest BCUT2D eigenvalue weighted by atomic mass is 28.4. The number of carbonyl (C=O) groups is 3. The minimum absolute atomic E-state index is 0.211. The molecule has 0 spiro atoms. The smallest absolute Gasteiger partial charge is 0.235 e. The Bertz CT molecular complexity index is 765. The van der Waals surface area contributed by atoms with Crippen LogP contribution in [0.1, 0.15) is 27.1 Å². The third-order valence-electron chi connectivity index (χ3n) is 4.70. The first-order chi connectivity index (χ1) is 11.2. The van der Waals surface area contributed by atoms with Crippen molar-refractivity contribution in [2.45, 2.75) is 32.2 Å². The Labute approximate surface area is 142 Å². The van der Waals surface area contributed by atoms with Gasteiger partial charge in [0.15, 0.2) is 25.3 Å². The van der Waals surface area contributed by atoms with Crippen molar-refractivity contribution in [3.63, 3.8) is 0 Å². The fourth-order valence-electron chi connectivity index (χ4n) is 3.72. The molecule has 1 aromatic rings. The fourth-order valence-corrected chi connectivity index (χ4v) is 4.75. The Morgan fingerprint density at radius 2 is 1.83 bits per heavy atom. The van der Waals surface area contributed by atoms with Gasteiger partial charge in [0.2, 0.25) is 5.91 Å². The number of Topliss-reactive ketones (excluding diaryl/α,β-unsaturated/α-hetero) is 2. The molecule has 2 aliphatic rings. The molecule has 3 atom stereocenters. The van der Waals surface area contributed by atoms with Crippen LogP contribution in [-0.4, -0.2) is 31.9 Å². The molecule has 3 rings (SSSR count). The van der Waals surface area contributed by atoms with Crippen LogP contribution < -0.4 is 5.73 Å². The van der Waals surface area contributed by atoms with Crippen LogP contribution in [0.25, 0.3) is 0 Å². The molecule has 0 heterocycles. The number of fused-ring (bicyclic) bond motifs is 2. The summed E-state index contributed by atoms with van der Waals surface area (Å²) < 4.78 is 6.12. The van der Waals surface area contributed by atoms with Crippen molar-refractivity contribution in [1.29, 1.82) is 0 Å². The molecule has 0 bridgehead atoms. The second-order valence-electron chi connectivity index (χ2n) is 7.34. The monoisotopic (exact) mass is 343 g/mol. The van der Waals surface area contributed by atoms with Crippen molar-refractivity contribution in [2.24, 2.45) is 17.1 Å². The molecule has 5 nitrogen and oxygen atoms in total. The minimum Gasteiger partial charge on any atom is -0.410 e. The second-order valence-corrected chi connectivity index (χ2v) is 11.8. The molecule has 0 fully saturated rings. The topological polar surface area (TPSA) is 86.5 Å². The molecule has 6 heteroatoms. The molecule has 0 aromatic heterocycles. The number of benzene rings is 1. The molecule has 1 amide bonds. The molecule has 0 aliphatic heterocycles. The highest BCUT2D eigenvalue weighted by Crippen LogP contribution is 2.48. The first kappa shape index (κ1) is 16.8. The van der Waals surface area contributed by atoms with Gasteiger partial charge < -0.3 is 10.2 Å². The molecule has 0 saturated heterocycles. The van der Waals surface area contributed by atoms with Gasteiger partial charge in [-0.2, -0.15) is 0 Å². The predicted molar refractivity (Wildman–Crippen MR) is 92.2 cm³/mol. The van der Waals surface area contributed by atoms with Gasteiger partial charge in [-0.25, -0.2) is 0 Å². The van der Waals surface area contributed by atoms with Gasteiger partial charge in [0.05, 0.1) is 12.0 Å². The average Bonchev–Trinajstić information content (AvgIpc) is 2.50. The van der Waals surface area contributed by atoms with E-state index < -0.39 is 37.4 Å². The molecule has 0 unspecified atom stereocenters. The van der Waals surface area contributed by atoms with E-state index in [1.807, 2.05) is 25.7 Å². The van der Waals surface area contributed by atoms with E-state index in [2.05, 4.69) is 0 Å². The fraction of sp³-hybridized carbons (Fsp3) is 0.389. The lowest BCUT2D eigenvalue weighted by atomic mass is 9.57. The predicted octanol–water partition coefficient (Wildman–Crippen LogP) is 2.33. The zero-order valence-electron chi connectivity index (χ0n) is 14.0. The van der Waals surface area contributed by atoms with E-state index in [0.717, 1.165) is 0 Å². The lowest BCUT2D eigenvalue weighted by molar-refractivity contribution is -0.131. The highest BCUT2D eigenvalue weighted by molar-refractivity contribution is 6.69. The average molecular weight is 343 g/mol. The van der Waals surface area contributed by atoms with Crippen LogP contribution in [0.2, 0.25) is 19.6 Å². The van der Waals surface area contributed by atoms with Crippen molar-refractivity contribution in [1.82, 2.24) is 0 Å². The Morgan fingerprint density at radius 1 is 1.21 bits per heavy atom. The summed E-state index contributed by atoms with van der Waals surface area (Å²) in [4.78, 5) is 38.8.